The number of nitrogens with zero attached hydrogens (tertiary/aromatic N) is 2. The van der Waals surface area contributed by atoms with E-state index in [-0.39, 0.29) is 17.7 Å². The highest BCUT2D eigenvalue weighted by Gasteiger charge is 2.29. The fraction of sp³-hybridized carbons (Fsp3) is 0.320. The van der Waals surface area contributed by atoms with Gasteiger partial charge in [-0.2, -0.15) is 0 Å². The molecule has 2 amide bonds. The maximum absolute atomic E-state index is 13.1. The van der Waals surface area contributed by atoms with Gasteiger partial charge in [-0.1, -0.05) is 36.4 Å². The summed E-state index contributed by atoms with van der Waals surface area (Å²) in [7, 11) is 0. The molecule has 4 rings (SSSR count). The molecule has 1 aliphatic rings. The van der Waals surface area contributed by atoms with Gasteiger partial charge in [0.15, 0.2) is 0 Å². The monoisotopic (exact) mass is 401 g/mol. The number of piperidine rings is 1. The van der Waals surface area contributed by atoms with Crippen LogP contribution in [0.2, 0.25) is 0 Å². The Morgan fingerprint density at radius 3 is 2.60 bits per heavy atom. The lowest BCUT2D eigenvalue weighted by molar-refractivity contribution is -0.134. The van der Waals surface area contributed by atoms with Crippen molar-refractivity contribution in [1.29, 1.82) is 0 Å². The first kappa shape index (κ1) is 20.1. The maximum atomic E-state index is 13.1. The van der Waals surface area contributed by atoms with Crippen LogP contribution in [0.5, 0.6) is 0 Å². The van der Waals surface area contributed by atoms with Crippen molar-refractivity contribution in [2.45, 2.75) is 33.1 Å². The second-order valence-electron chi connectivity index (χ2n) is 8.03. The molecule has 0 aliphatic carbocycles. The van der Waals surface area contributed by atoms with E-state index in [0.717, 1.165) is 46.3 Å². The van der Waals surface area contributed by atoms with Gasteiger partial charge in [0.2, 0.25) is 11.8 Å². The minimum absolute atomic E-state index is 0.0153. The van der Waals surface area contributed by atoms with Gasteiger partial charge in [0.05, 0.1) is 17.9 Å². The average Bonchev–Trinajstić information content (AvgIpc) is 2.77. The number of para-hydroxylation sites is 2. The number of carbonyl (C=O) groups excluding carboxylic acids is 2. The Morgan fingerprint density at radius 1 is 1.07 bits per heavy atom. The fourth-order valence-corrected chi connectivity index (χ4v) is 4.28. The molecule has 1 aromatic heterocycles. The van der Waals surface area contributed by atoms with Crippen molar-refractivity contribution in [3.05, 3.63) is 71.4 Å². The van der Waals surface area contributed by atoms with Gasteiger partial charge in [0, 0.05) is 29.9 Å². The van der Waals surface area contributed by atoms with Crippen LogP contribution in [-0.4, -0.2) is 34.8 Å². The number of hydrogen-bond acceptors (Lipinski definition) is 3. The number of likely N-dealkylation sites (tertiary alicyclic amines) is 1. The number of hydrogen-bond donors (Lipinski definition) is 1. The van der Waals surface area contributed by atoms with Gasteiger partial charge in [0.25, 0.3) is 0 Å². The molecule has 5 heteroatoms. The summed E-state index contributed by atoms with van der Waals surface area (Å²) in [6, 6.07) is 17.5. The highest BCUT2D eigenvalue weighted by molar-refractivity contribution is 5.93. The van der Waals surface area contributed by atoms with Crippen LogP contribution in [0.1, 0.15) is 29.7 Å². The van der Waals surface area contributed by atoms with E-state index in [4.69, 9.17) is 0 Å². The molecule has 1 unspecified atom stereocenters. The Labute approximate surface area is 177 Å². The van der Waals surface area contributed by atoms with Crippen LogP contribution in [0.4, 0.5) is 5.69 Å². The SMILES string of the molecule is Cc1nc2ccccc2c(C)c1CC(=O)N1CCCC(C(=O)Nc2ccccc2)C1. The second kappa shape index (κ2) is 8.66. The number of carbonyl (C=O) groups is 2. The zero-order valence-corrected chi connectivity index (χ0v) is 17.5. The molecule has 0 bridgehead atoms. The van der Waals surface area contributed by atoms with E-state index in [1.807, 2.05) is 60.4 Å². The summed E-state index contributed by atoms with van der Waals surface area (Å²) < 4.78 is 0. The summed E-state index contributed by atoms with van der Waals surface area (Å²) in [6.07, 6.45) is 1.97. The number of benzene rings is 2. The number of aromatic nitrogens is 1. The van der Waals surface area contributed by atoms with Crippen LogP contribution in [0.15, 0.2) is 54.6 Å². The summed E-state index contributed by atoms with van der Waals surface area (Å²) in [6.45, 7) is 5.20. The molecule has 1 fully saturated rings. The lowest BCUT2D eigenvalue weighted by Crippen LogP contribution is -2.44. The molecule has 154 valence electrons. The Morgan fingerprint density at radius 2 is 1.80 bits per heavy atom. The molecule has 5 nitrogen and oxygen atoms in total. The molecule has 1 N–H and O–H groups in total. The highest BCUT2D eigenvalue weighted by atomic mass is 16.2. The van der Waals surface area contributed by atoms with Crippen molar-refractivity contribution >= 4 is 28.4 Å². The van der Waals surface area contributed by atoms with Gasteiger partial charge in [-0.05, 0) is 56.0 Å². The van der Waals surface area contributed by atoms with Crippen molar-refractivity contribution in [2.24, 2.45) is 5.92 Å². The zero-order chi connectivity index (χ0) is 21.1. The first-order valence-electron chi connectivity index (χ1n) is 10.5. The summed E-state index contributed by atoms with van der Waals surface area (Å²) in [5.74, 6) is -0.131. The normalized spacial score (nSPS) is 16.5. The molecular weight excluding hydrogens is 374 g/mol. The molecule has 2 aromatic carbocycles. The predicted octanol–water partition coefficient (Wildman–Crippen LogP) is 4.27. The van der Waals surface area contributed by atoms with E-state index in [2.05, 4.69) is 23.3 Å². The lowest BCUT2D eigenvalue weighted by atomic mass is 9.95. The predicted molar refractivity (Wildman–Crippen MR) is 119 cm³/mol. The molecule has 0 saturated carbocycles. The minimum atomic E-state index is -0.181. The number of anilines is 1. The van der Waals surface area contributed by atoms with Crippen LogP contribution in [0.3, 0.4) is 0 Å². The van der Waals surface area contributed by atoms with Gasteiger partial charge >= 0.3 is 0 Å². The second-order valence-corrected chi connectivity index (χ2v) is 8.03. The highest BCUT2D eigenvalue weighted by Crippen LogP contribution is 2.25. The fourth-order valence-electron chi connectivity index (χ4n) is 4.28. The third-order valence-electron chi connectivity index (χ3n) is 6.00. The maximum Gasteiger partial charge on any atom is 0.229 e. The van der Waals surface area contributed by atoms with Crippen molar-refractivity contribution in [3.8, 4) is 0 Å². The number of pyridine rings is 1. The Hall–Kier alpha value is -3.21. The molecule has 0 spiro atoms. The van der Waals surface area contributed by atoms with Crippen molar-refractivity contribution in [1.82, 2.24) is 9.88 Å². The van der Waals surface area contributed by atoms with Crippen LogP contribution in [-0.2, 0) is 16.0 Å². The van der Waals surface area contributed by atoms with Crippen molar-refractivity contribution < 1.29 is 9.59 Å². The number of fused-ring (bicyclic) bond motifs is 1. The first-order chi connectivity index (χ1) is 14.5. The summed E-state index contributed by atoms with van der Waals surface area (Å²) >= 11 is 0. The molecule has 3 aromatic rings. The molecule has 1 aliphatic heterocycles. The largest absolute Gasteiger partial charge is 0.342 e. The van der Waals surface area contributed by atoms with Gasteiger partial charge in [-0.15, -0.1) is 0 Å². The Balaban J connectivity index is 1.46. The van der Waals surface area contributed by atoms with Gasteiger partial charge in [0.1, 0.15) is 0 Å². The van der Waals surface area contributed by atoms with E-state index in [0.29, 0.717) is 19.5 Å². The Kier molecular flexibility index (Phi) is 5.79. The van der Waals surface area contributed by atoms with E-state index >= 15 is 0 Å². The first-order valence-corrected chi connectivity index (χ1v) is 10.5. The number of nitrogens with one attached hydrogen (secondary N) is 1. The number of amides is 2. The number of rotatable bonds is 4. The standard InChI is InChI=1S/C25H27N3O2/c1-17-21-12-6-7-13-23(21)26-18(2)22(17)15-24(29)28-14-8-9-19(16-28)25(30)27-20-10-4-3-5-11-20/h3-7,10-13,19H,8-9,14-16H2,1-2H3,(H,27,30). The van der Waals surface area contributed by atoms with Crippen LogP contribution in [0.25, 0.3) is 10.9 Å². The van der Waals surface area contributed by atoms with Gasteiger partial charge in [-0.3, -0.25) is 14.6 Å². The van der Waals surface area contributed by atoms with E-state index in [1.54, 1.807) is 0 Å². The minimum Gasteiger partial charge on any atom is -0.342 e. The lowest BCUT2D eigenvalue weighted by Gasteiger charge is -2.32. The number of aryl methyl sites for hydroxylation is 2. The van der Waals surface area contributed by atoms with E-state index in [9.17, 15) is 9.59 Å². The van der Waals surface area contributed by atoms with Gasteiger partial charge in [-0.25, -0.2) is 0 Å². The molecule has 30 heavy (non-hydrogen) atoms. The quantitative estimate of drug-likeness (QED) is 0.710. The molecule has 0 radical (unpaired) electrons. The van der Waals surface area contributed by atoms with E-state index in [1.165, 1.54) is 0 Å². The summed E-state index contributed by atoms with van der Waals surface area (Å²) in [5, 5.41) is 4.06. The van der Waals surface area contributed by atoms with E-state index < -0.39 is 0 Å². The van der Waals surface area contributed by atoms with Crippen LogP contribution in [0, 0.1) is 19.8 Å². The summed E-state index contributed by atoms with van der Waals surface area (Å²) in [5.41, 5.74) is 4.75. The summed E-state index contributed by atoms with van der Waals surface area (Å²) in [4.78, 5) is 32.3. The zero-order valence-electron chi connectivity index (χ0n) is 17.5. The molecular formula is C25H27N3O2. The average molecular weight is 402 g/mol. The van der Waals surface area contributed by atoms with Crippen molar-refractivity contribution in [3.63, 3.8) is 0 Å². The Bertz CT molecular complexity index is 1080. The van der Waals surface area contributed by atoms with Crippen LogP contribution < -0.4 is 5.32 Å². The third-order valence-corrected chi connectivity index (χ3v) is 6.00. The van der Waals surface area contributed by atoms with Crippen molar-refractivity contribution in [2.75, 3.05) is 18.4 Å². The topological polar surface area (TPSA) is 62.3 Å². The molecule has 1 atom stereocenters. The van der Waals surface area contributed by atoms with Gasteiger partial charge < -0.3 is 10.2 Å². The molecule has 1 saturated heterocycles. The molecule has 2 heterocycles. The van der Waals surface area contributed by atoms with Crippen LogP contribution >= 0.6 is 0 Å². The smallest absolute Gasteiger partial charge is 0.229 e. The third kappa shape index (κ3) is 4.20.